The molecule has 5 nitrogen and oxygen atoms in total. The number of aromatic amines is 1. The number of H-pyrrole nitrogens is 1. The van der Waals surface area contributed by atoms with Crippen LogP contribution in [0.25, 0.3) is 0 Å². The Morgan fingerprint density at radius 1 is 1.19 bits per heavy atom. The predicted octanol–water partition coefficient (Wildman–Crippen LogP) is 2.77. The van der Waals surface area contributed by atoms with Crippen molar-refractivity contribution in [3.8, 4) is 0 Å². The normalized spacial score (nSPS) is 20.9. The van der Waals surface area contributed by atoms with E-state index in [1.54, 1.807) is 4.90 Å². The number of alkyl halides is 3. The third-order valence-corrected chi connectivity index (χ3v) is 4.64. The van der Waals surface area contributed by atoms with Crippen LogP contribution in [0, 0.1) is 5.41 Å². The first kappa shape index (κ1) is 18.2. The molecule has 1 fully saturated rings. The summed E-state index contributed by atoms with van der Waals surface area (Å²) in [5.41, 5.74) is -2.49. The van der Waals surface area contributed by atoms with Crippen LogP contribution in [0.15, 0.2) is 53.5 Å². The number of hydrogen-bond donors (Lipinski definition) is 2. The van der Waals surface area contributed by atoms with E-state index in [1.165, 1.54) is 18.3 Å². The van der Waals surface area contributed by atoms with Crippen molar-refractivity contribution in [3.05, 3.63) is 64.6 Å². The number of pyridine rings is 1. The minimum absolute atomic E-state index is 0.146. The van der Waals surface area contributed by atoms with Gasteiger partial charge in [-0.2, -0.15) is 13.2 Å². The van der Waals surface area contributed by atoms with Gasteiger partial charge in [0.05, 0.1) is 0 Å². The quantitative estimate of drug-likeness (QED) is 0.876. The summed E-state index contributed by atoms with van der Waals surface area (Å²) >= 11 is 0. The highest BCUT2D eigenvalue weighted by atomic mass is 19.4. The topological polar surface area (TPSA) is 65.2 Å². The summed E-state index contributed by atoms with van der Waals surface area (Å²) in [6.07, 6.45) is -3.72. The van der Waals surface area contributed by atoms with Crippen molar-refractivity contribution in [2.24, 2.45) is 5.41 Å². The van der Waals surface area contributed by atoms with Gasteiger partial charge in [0.2, 0.25) is 5.91 Å². The molecule has 1 aliphatic heterocycles. The van der Waals surface area contributed by atoms with E-state index < -0.39 is 29.6 Å². The standard InChI is InChI=1S/C18H18F3N3O2/c19-18(20,21)17(16(26)23-14-7-4-9-22-15(14)25)8-10-24(12-17)11-13-5-2-1-3-6-13/h1-7,9H,8,10-12H2,(H,22,25)(H,23,26)/t17-/m0/s1. The molecule has 0 saturated carbocycles. The highest BCUT2D eigenvalue weighted by Gasteiger charge is 2.63. The zero-order chi connectivity index (χ0) is 18.8. The predicted molar refractivity (Wildman–Crippen MR) is 90.5 cm³/mol. The molecule has 1 atom stereocenters. The number of carbonyl (C=O) groups is 1. The first-order chi connectivity index (χ1) is 12.3. The fourth-order valence-electron chi connectivity index (χ4n) is 3.17. The largest absolute Gasteiger partial charge is 0.404 e. The van der Waals surface area contributed by atoms with E-state index in [1.807, 2.05) is 30.3 Å². The fraction of sp³-hybridized carbons (Fsp3) is 0.333. The Kier molecular flexibility index (Phi) is 4.86. The summed E-state index contributed by atoms with van der Waals surface area (Å²) in [5, 5.41) is 2.15. The first-order valence-electron chi connectivity index (χ1n) is 8.14. The molecule has 0 aliphatic carbocycles. The van der Waals surface area contributed by atoms with Crippen molar-refractivity contribution < 1.29 is 18.0 Å². The molecule has 2 N–H and O–H groups in total. The molecule has 26 heavy (non-hydrogen) atoms. The lowest BCUT2D eigenvalue weighted by Gasteiger charge is -2.30. The van der Waals surface area contributed by atoms with Crippen LogP contribution in [-0.4, -0.2) is 35.1 Å². The molecular formula is C18H18F3N3O2. The summed E-state index contributed by atoms with van der Waals surface area (Å²) in [6, 6.07) is 11.8. The Labute approximate surface area is 147 Å². The summed E-state index contributed by atoms with van der Waals surface area (Å²) < 4.78 is 41.4. The molecule has 3 rings (SSSR count). The van der Waals surface area contributed by atoms with Crippen LogP contribution in [0.5, 0.6) is 0 Å². The molecular weight excluding hydrogens is 347 g/mol. The van der Waals surface area contributed by atoms with E-state index in [0.717, 1.165) is 5.56 Å². The number of rotatable bonds is 4. The number of aromatic nitrogens is 1. The van der Waals surface area contributed by atoms with Crippen LogP contribution < -0.4 is 10.9 Å². The molecule has 8 heteroatoms. The molecule has 1 aromatic carbocycles. The molecule has 138 valence electrons. The molecule has 0 bridgehead atoms. The molecule has 0 radical (unpaired) electrons. The van der Waals surface area contributed by atoms with Gasteiger partial charge in [0, 0.05) is 19.3 Å². The Hall–Kier alpha value is -2.61. The lowest BCUT2D eigenvalue weighted by molar-refractivity contribution is -0.215. The van der Waals surface area contributed by atoms with Crippen LogP contribution in [-0.2, 0) is 11.3 Å². The second-order valence-electron chi connectivity index (χ2n) is 6.39. The molecule has 2 heterocycles. The Balaban J connectivity index is 1.81. The Bertz CT molecular complexity index is 835. The average molecular weight is 365 g/mol. The third-order valence-electron chi connectivity index (χ3n) is 4.64. The maximum atomic E-state index is 13.8. The lowest BCUT2D eigenvalue weighted by Crippen LogP contribution is -2.50. The molecule has 1 saturated heterocycles. The second kappa shape index (κ2) is 6.95. The van der Waals surface area contributed by atoms with Crippen molar-refractivity contribution in [2.75, 3.05) is 18.4 Å². The van der Waals surface area contributed by atoms with Gasteiger partial charge in [-0.1, -0.05) is 30.3 Å². The van der Waals surface area contributed by atoms with Gasteiger partial charge in [-0.3, -0.25) is 14.5 Å². The number of nitrogens with zero attached hydrogens (tertiary/aromatic N) is 1. The lowest BCUT2D eigenvalue weighted by atomic mass is 9.85. The monoisotopic (exact) mass is 365 g/mol. The van der Waals surface area contributed by atoms with Crippen LogP contribution in [0.2, 0.25) is 0 Å². The molecule has 1 aromatic heterocycles. The van der Waals surface area contributed by atoms with Crippen LogP contribution in [0.1, 0.15) is 12.0 Å². The number of halogens is 3. The van der Waals surface area contributed by atoms with Crippen LogP contribution >= 0.6 is 0 Å². The van der Waals surface area contributed by atoms with E-state index in [0.29, 0.717) is 6.54 Å². The van der Waals surface area contributed by atoms with Gasteiger partial charge in [-0.15, -0.1) is 0 Å². The SMILES string of the molecule is O=C(Nc1ccc[nH]c1=O)[C@]1(C(F)(F)F)CCN(Cc2ccccc2)C1. The van der Waals surface area contributed by atoms with E-state index in [2.05, 4.69) is 10.3 Å². The summed E-state index contributed by atoms with van der Waals surface area (Å²) in [7, 11) is 0. The average Bonchev–Trinajstić information content (AvgIpc) is 3.03. The van der Waals surface area contributed by atoms with Gasteiger partial charge < -0.3 is 10.3 Å². The van der Waals surface area contributed by atoms with Crippen LogP contribution in [0.3, 0.4) is 0 Å². The highest BCUT2D eigenvalue weighted by molar-refractivity contribution is 5.96. The summed E-state index contributed by atoms with van der Waals surface area (Å²) in [5.74, 6) is -1.20. The highest BCUT2D eigenvalue weighted by Crippen LogP contribution is 2.46. The van der Waals surface area contributed by atoms with Crippen molar-refractivity contribution in [2.45, 2.75) is 19.1 Å². The zero-order valence-electron chi connectivity index (χ0n) is 13.8. The molecule has 1 aliphatic rings. The Morgan fingerprint density at radius 2 is 1.92 bits per heavy atom. The van der Waals surface area contributed by atoms with Gasteiger partial charge in [0.25, 0.3) is 5.56 Å². The van der Waals surface area contributed by atoms with E-state index >= 15 is 0 Å². The maximum absolute atomic E-state index is 13.8. The number of anilines is 1. The number of nitrogens with one attached hydrogen (secondary N) is 2. The van der Waals surface area contributed by atoms with Gasteiger partial charge in [-0.05, 0) is 30.7 Å². The minimum Gasteiger partial charge on any atom is -0.327 e. The second-order valence-corrected chi connectivity index (χ2v) is 6.39. The van der Waals surface area contributed by atoms with E-state index in [4.69, 9.17) is 0 Å². The fourth-order valence-corrected chi connectivity index (χ4v) is 3.17. The van der Waals surface area contributed by atoms with Gasteiger partial charge >= 0.3 is 6.18 Å². The smallest absolute Gasteiger partial charge is 0.327 e. The molecule has 1 amide bonds. The minimum atomic E-state index is -4.72. The number of benzene rings is 1. The maximum Gasteiger partial charge on any atom is 0.404 e. The number of carbonyl (C=O) groups excluding carboxylic acids is 1. The van der Waals surface area contributed by atoms with Gasteiger partial charge in [0.15, 0.2) is 5.41 Å². The number of amides is 1. The Morgan fingerprint density at radius 3 is 2.58 bits per heavy atom. The van der Waals surface area contributed by atoms with E-state index in [-0.39, 0.29) is 18.7 Å². The third kappa shape index (κ3) is 3.50. The van der Waals surface area contributed by atoms with Gasteiger partial charge in [0.1, 0.15) is 5.69 Å². The molecule has 0 spiro atoms. The zero-order valence-corrected chi connectivity index (χ0v) is 13.8. The van der Waals surface area contributed by atoms with E-state index in [9.17, 15) is 22.8 Å². The van der Waals surface area contributed by atoms with Gasteiger partial charge in [-0.25, -0.2) is 0 Å². The molecule has 0 unspecified atom stereocenters. The molecule has 2 aromatic rings. The van der Waals surface area contributed by atoms with Crippen molar-refractivity contribution in [1.29, 1.82) is 0 Å². The number of likely N-dealkylation sites (tertiary alicyclic amines) is 1. The van der Waals surface area contributed by atoms with Crippen molar-refractivity contribution >= 4 is 11.6 Å². The number of hydrogen-bond acceptors (Lipinski definition) is 3. The van der Waals surface area contributed by atoms with Crippen LogP contribution in [0.4, 0.5) is 18.9 Å². The first-order valence-corrected chi connectivity index (χ1v) is 8.14. The van der Waals surface area contributed by atoms with Crippen molar-refractivity contribution in [1.82, 2.24) is 9.88 Å². The van der Waals surface area contributed by atoms with Crippen molar-refractivity contribution in [3.63, 3.8) is 0 Å². The summed E-state index contributed by atoms with van der Waals surface area (Å²) in [4.78, 5) is 28.1. The summed E-state index contributed by atoms with van der Waals surface area (Å²) in [6.45, 7) is 0.0345.